The zero-order valence-electron chi connectivity index (χ0n) is 13.8. The molecule has 0 spiro atoms. The van der Waals surface area contributed by atoms with E-state index >= 15 is 0 Å². The van der Waals surface area contributed by atoms with Gasteiger partial charge < -0.3 is 4.74 Å². The lowest BCUT2D eigenvalue weighted by atomic mass is 10.1. The minimum atomic E-state index is -0.529. The Hall–Kier alpha value is -3.28. The Morgan fingerprint density at radius 3 is 2.68 bits per heavy atom. The summed E-state index contributed by atoms with van der Waals surface area (Å²) in [5.41, 5.74) is 2.33. The number of nitro benzene ring substituents is 1. The van der Waals surface area contributed by atoms with E-state index < -0.39 is 17.0 Å². The van der Waals surface area contributed by atoms with E-state index in [-0.39, 0.29) is 11.3 Å². The van der Waals surface area contributed by atoms with Crippen LogP contribution in [0.25, 0.3) is 10.9 Å². The molecule has 1 atom stereocenters. The number of aromatic nitrogens is 1. The highest BCUT2D eigenvalue weighted by Crippen LogP contribution is 2.24. The molecule has 0 fully saturated rings. The molecule has 0 N–H and O–H groups in total. The van der Waals surface area contributed by atoms with Crippen LogP contribution in [0.5, 0.6) is 0 Å². The Morgan fingerprint density at radius 2 is 1.96 bits per heavy atom. The van der Waals surface area contributed by atoms with Gasteiger partial charge in [0.1, 0.15) is 6.10 Å². The summed E-state index contributed by atoms with van der Waals surface area (Å²) >= 11 is 0. The number of nitrogens with zero attached hydrogens (tertiary/aromatic N) is 2. The van der Waals surface area contributed by atoms with Crippen LogP contribution in [0.1, 0.15) is 34.5 Å². The van der Waals surface area contributed by atoms with E-state index in [0.717, 1.165) is 16.5 Å². The van der Waals surface area contributed by atoms with Crippen molar-refractivity contribution in [3.05, 3.63) is 81.5 Å². The molecule has 0 bridgehead atoms. The summed E-state index contributed by atoms with van der Waals surface area (Å²) in [5.74, 6) is -0.529. The highest BCUT2D eigenvalue weighted by Gasteiger charge is 2.18. The molecule has 6 nitrogen and oxygen atoms in total. The fourth-order valence-electron chi connectivity index (χ4n) is 2.59. The van der Waals surface area contributed by atoms with Crippen LogP contribution in [0.3, 0.4) is 0 Å². The smallest absolute Gasteiger partial charge is 0.338 e. The van der Waals surface area contributed by atoms with E-state index in [1.54, 1.807) is 20.0 Å². The maximum absolute atomic E-state index is 12.3. The number of fused-ring (bicyclic) bond motifs is 1. The van der Waals surface area contributed by atoms with Gasteiger partial charge in [0.25, 0.3) is 5.69 Å². The van der Waals surface area contributed by atoms with E-state index in [9.17, 15) is 14.9 Å². The molecule has 1 heterocycles. The second-order valence-corrected chi connectivity index (χ2v) is 5.77. The number of rotatable bonds is 4. The SMILES string of the molecule is Cc1cc(C(=O)OC(C)c2cnc3ccccc3c2)ccc1[N+](=O)[O-]. The maximum atomic E-state index is 12.3. The van der Waals surface area contributed by atoms with Gasteiger partial charge in [-0.1, -0.05) is 18.2 Å². The maximum Gasteiger partial charge on any atom is 0.338 e. The summed E-state index contributed by atoms with van der Waals surface area (Å²) in [6.07, 6.45) is 1.20. The Balaban J connectivity index is 1.79. The van der Waals surface area contributed by atoms with Crippen molar-refractivity contribution in [2.75, 3.05) is 0 Å². The van der Waals surface area contributed by atoms with Crippen LogP contribution in [0.2, 0.25) is 0 Å². The number of para-hydroxylation sites is 1. The number of pyridine rings is 1. The van der Waals surface area contributed by atoms with E-state index in [1.165, 1.54) is 18.2 Å². The van der Waals surface area contributed by atoms with Crippen molar-refractivity contribution < 1.29 is 14.5 Å². The number of ether oxygens (including phenoxy) is 1. The average molecular weight is 336 g/mol. The Labute approximate surface area is 144 Å². The molecule has 3 rings (SSSR count). The monoisotopic (exact) mass is 336 g/mol. The van der Waals surface area contributed by atoms with Gasteiger partial charge in [-0.3, -0.25) is 15.1 Å². The van der Waals surface area contributed by atoms with Crippen molar-refractivity contribution in [3.8, 4) is 0 Å². The summed E-state index contributed by atoms with van der Waals surface area (Å²) in [6, 6.07) is 13.8. The number of esters is 1. The fraction of sp³-hybridized carbons (Fsp3) is 0.158. The normalized spacial score (nSPS) is 11.9. The Bertz CT molecular complexity index is 969. The molecule has 1 aromatic heterocycles. The van der Waals surface area contributed by atoms with Gasteiger partial charge in [-0.2, -0.15) is 0 Å². The van der Waals surface area contributed by atoms with Crippen LogP contribution in [-0.4, -0.2) is 15.9 Å². The largest absolute Gasteiger partial charge is 0.454 e. The topological polar surface area (TPSA) is 82.3 Å². The molecule has 0 radical (unpaired) electrons. The molecule has 126 valence electrons. The van der Waals surface area contributed by atoms with E-state index in [1.807, 2.05) is 30.3 Å². The predicted octanol–water partition coefficient (Wildman–Crippen LogP) is 4.37. The second kappa shape index (κ2) is 6.68. The highest BCUT2D eigenvalue weighted by molar-refractivity contribution is 5.90. The predicted molar refractivity (Wildman–Crippen MR) is 93.4 cm³/mol. The van der Waals surface area contributed by atoms with E-state index in [2.05, 4.69) is 4.98 Å². The Kier molecular flexibility index (Phi) is 4.43. The van der Waals surface area contributed by atoms with Crippen molar-refractivity contribution in [1.82, 2.24) is 4.98 Å². The van der Waals surface area contributed by atoms with Crippen molar-refractivity contribution in [3.63, 3.8) is 0 Å². The van der Waals surface area contributed by atoms with Crippen molar-refractivity contribution in [2.24, 2.45) is 0 Å². The van der Waals surface area contributed by atoms with Gasteiger partial charge in [0.2, 0.25) is 0 Å². The summed E-state index contributed by atoms with van der Waals surface area (Å²) in [4.78, 5) is 27.1. The number of carbonyl (C=O) groups excluding carboxylic acids is 1. The summed E-state index contributed by atoms with van der Waals surface area (Å²) in [6.45, 7) is 3.35. The molecule has 0 aliphatic rings. The van der Waals surface area contributed by atoms with Crippen LogP contribution in [0.15, 0.2) is 54.7 Å². The van der Waals surface area contributed by atoms with E-state index in [0.29, 0.717) is 5.56 Å². The van der Waals surface area contributed by atoms with Gasteiger partial charge >= 0.3 is 5.97 Å². The van der Waals surface area contributed by atoms with Crippen LogP contribution < -0.4 is 0 Å². The van der Waals surface area contributed by atoms with Gasteiger partial charge in [-0.25, -0.2) is 4.79 Å². The van der Waals surface area contributed by atoms with Gasteiger partial charge in [-0.05, 0) is 38.1 Å². The minimum absolute atomic E-state index is 0.0247. The molecule has 0 aliphatic heterocycles. The highest BCUT2D eigenvalue weighted by atomic mass is 16.6. The average Bonchev–Trinajstić information content (AvgIpc) is 2.60. The first-order valence-electron chi connectivity index (χ1n) is 7.76. The summed E-state index contributed by atoms with van der Waals surface area (Å²) in [7, 11) is 0. The second-order valence-electron chi connectivity index (χ2n) is 5.77. The Morgan fingerprint density at radius 1 is 1.20 bits per heavy atom. The lowest BCUT2D eigenvalue weighted by molar-refractivity contribution is -0.385. The van der Waals surface area contributed by atoms with Gasteiger partial charge in [0, 0.05) is 28.8 Å². The van der Waals surface area contributed by atoms with Crippen molar-refractivity contribution >= 4 is 22.6 Å². The zero-order valence-corrected chi connectivity index (χ0v) is 13.8. The van der Waals surface area contributed by atoms with Gasteiger partial charge in [0.15, 0.2) is 0 Å². The van der Waals surface area contributed by atoms with Crippen molar-refractivity contribution in [1.29, 1.82) is 0 Å². The quantitative estimate of drug-likeness (QED) is 0.401. The number of hydrogen-bond donors (Lipinski definition) is 0. The molecule has 0 amide bonds. The number of hydrogen-bond acceptors (Lipinski definition) is 5. The number of aryl methyl sites for hydroxylation is 1. The lowest BCUT2D eigenvalue weighted by Gasteiger charge is -2.14. The third-order valence-corrected chi connectivity index (χ3v) is 3.99. The molecule has 2 aromatic carbocycles. The molecular formula is C19H16N2O4. The minimum Gasteiger partial charge on any atom is -0.454 e. The van der Waals surface area contributed by atoms with Crippen LogP contribution >= 0.6 is 0 Å². The standard InChI is InChI=1S/C19H16N2O4/c1-12-9-15(7-8-18(12)21(23)24)19(22)25-13(2)16-10-14-5-3-4-6-17(14)20-11-16/h3-11,13H,1-2H3. The molecule has 0 saturated carbocycles. The zero-order chi connectivity index (χ0) is 18.0. The lowest BCUT2D eigenvalue weighted by Crippen LogP contribution is -2.10. The first kappa shape index (κ1) is 16.6. The van der Waals surface area contributed by atoms with Crippen molar-refractivity contribution in [2.45, 2.75) is 20.0 Å². The van der Waals surface area contributed by atoms with Crippen LogP contribution in [0.4, 0.5) is 5.69 Å². The molecule has 0 aliphatic carbocycles. The molecule has 3 aromatic rings. The molecular weight excluding hydrogens is 320 g/mol. The molecule has 25 heavy (non-hydrogen) atoms. The van der Waals surface area contributed by atoms with Gasteiger partial charge in [0.05, 0.1) is 16.0 Å². The third-order valence-electron chi connectivity index (χ3n) is 3.99. The first-order valence-corrected chi connectivity index (χ1v) is 7.76. The fourth-order valence-corrected chi connectivity index (χ4v) is 2.59. The number of carbonyl (C=O) groups is 1. The summed E-state index contributed by atoms with van der Waals surface area (Å²) in [5, 5.41) is 11.8. The van der Waals surface area contributed by atoms with Gasteiger partial charge in [-0.15, -0.1) is 0 Å². The molecule has 1 unspecified atom stereocenters. The third kappa shape index (κ3) is 3.47. The number of nitro groups is 1. The van der Waals surface area contributed by atoms with Crippen LogP contribution in [-0.2, 0) is 4.74 Å². The molecule has 0 saturated heterocycles. The first-order chi connectivity index (χ1) is 12.0. The van der Waals surface area contributed by atoms with E-state index in [4.69, 9.17) is 4.74 Å². The summed E-state index contributed by atoms with van der Waals surface area (Å²) < 4.78 is 5.48. The van der Waals surface area contributed by atoms with Crippen LogP contribution in [0, 0.1) is 17.0 Å². The number of benzene rings is 2. The molecule has 6 heteroatoms.